The summed E-state index contributed by atoms with van der Waals surface area (Å²) in [4.78, 5) is 12.1. The Morgan fingerprint density at radius 2 is 2.40 bits per heavy atom. The van der Waals surface area contributed by atoms with E-state index in [1.54, 1.807) is 0 Å². The lowest BCUT2D eigenvalue weighted by atomic mass is 10.2. The Kier molecular flexibility index (Phi) is 5.41. The van der Waals surface area contributed by atoms with Crippen molar-refractivity contribution in [1.29, 1.82) is 0 Å². The van der Waals surface area contributed by atoms with Crippen LogP contribution in [0.1, 0.15) is 31.7 Å². The van der Waals surface area contributed by atoms with Gasteiger partial charge in [0.2, 0.25) is 0 Å². The molecule has 20 heavy (non-hydrogen) atoms. The van der Waals surface area contributed by atoms with Crippen molar-refractivity contribution in [3.63, 3.8) is 0 Å². The van der Waals surface area contributed by atoms with Crippen LogP contribution in [-0.4, -0.2) is 31.3 Å². The molecular formula is C16H23NO3. The maximum atomic E-state index is 12.1. The number of hydrogen-bond acceptors (Lipinski definition) is 3. The molecule has 1 aromatic carbocycles. The van der Waals surface area contributed by atoms with Gasteiger partial charge < -0.3 is 14.8 Å². The highest BCUT2D eigenvalue weighted by molar-refractivity contribution is 5.81. The number of ether oxygens (including phenoxy) is 2. The van der Waals surface area contributed by atoms with Crippen molar-refractivity contribution < 1.29 is 14.3 Å². The van der Waals surface area contributed by atoms with Gasteiger partial charge in [-0.3, -0.25) is 4.79 Å². The number of hydrogen-bond donors (Lipinski definition) is 1. The van der Waals surface area contributed by atoms with Crippen LogP contribution in [-0.2, 0) is 9.53 Å². The van der Waals surface area contributed by atoms with E-state index >= 15 is 0 Å². The van der Waals surface area contributed by atoms with Gasteiger partial charge in [-0.15, -0.1) is 0 Å². The summed E-state index contributed by atoms with van der Waals surface area (Å²) in [6.45, 7) is 5.33. The highest BCUT2D eigenvalue weighted by atomic mass is 16.5. The Labute approximate surface area is 120 Å². The summed E-state index contributed by atoms with van der Waals surface area (Å²) in [5.74, 6) is 0.675. The van der Waals surface area contributed by atoms with Crippen molar-refractivity contribution in [2.24, 2.45) is 0 Å². The highest BCUT2D eigenvalue weighted by Crippen LogP contribution is 2.16. The molecule has 1 heterocycles. The average molecular weight is 277 g/mol. The number of rotatable bonds is 6. The predicted octanol–water partition coefficient (Wildman–Crippen LogP) is 2.45. The van der Waals surface area contributed by atoms with E-state index < -0.39 is 6.10 Å². The third-order valence-electron chi connectivity index (χ3n) is 3.46. The Morgan fingerprint density at radius 3 is 3.05 bits per heavy atom. The lowest BCUT2D eigenvalue weighted by Gasteiger charge is -2.18. The van der Waals surface area contributed by atoms with Crippen molar-refractivity contribution in [3.8, 4) is 5.75 Å². The number of amides is 1. The molecule has 1 amide bonds. The van der Waals surface area contributed by atoms with Gasteiger partial charge in [0.15, 0.2) is 6.10 Å². The van der Waals surface area contributed by atoms with Crippen LogP contribution in [0.25, 0.3) is 0 Å². The van der Waals surface area contributed by atoms with E-state index in [2.05, 4.69) is 5.32 Å². The first-order valence-electron chi connectivity index (χ1n) is 7.31. The minimum atomic E-state index is -0.446. The van der Waals surface area contributed by atoms with Crippen LogP contribution in [0, 0.1) is 6.92 Å². The molecule has 110 valence electrons. The fourth-order valence-corrected chi connectivity index (χ4v) is 2.31. The maximum Gasteiger partial charge on any atom is 0.261 e. The summed E-state index contributed by atoms with van der Waals surface area (Å²) in [6, 6.07) is 7.76. The molecule has 2 atom stereocenters. The SMILES string of the molecule is CC[C@H](Oc1cccc(C)c1)C(=O)NC[C@@H]1CCCO1. The minimum absolute atomic E-state index is 0.0653. The second-order valence-electron chi connectivity index (χ2n) is 5.21. The third kappa shape index (κ3) is 4.23. The molecule has 0 saturated carbocycles. The number of benzene rings is 1. The molecule has 0 aromatic heterocycles. The number of carbonyl (C=O) groups is 1. The van der Waals surface area contributed by atoms with Gasteiger partial charge in [-0.25, -0.2) is 0 Å². The molecule has 0 unspecified atom stereocenters. The molecule has 1 fully saturated rings. The molecule has 2 rings (SSSR count). The van der Waals surface area contributed by atoms with Gasteiger partial charge in [-0.2, -0.15) is 0 Å². The van der Waals surface area contributed by atoms with Crippen molar-refractivity contribution in [1.82, 2.24) is 5.32 Å². The van der Waals surface area contributed by atoms with E-state index in [1.807, 2.05) is 38.1 Å². The summed E-state index contributed by atoms with van der Waals surface area (Å²) in [7, 11) is 0. The predicted molar refractivity (Wildman–Crippen MR) is 77.9 cm³/mol. The van der Waals surface area contributed by atoms with E-state index in [-0.39, 0.29) is 12.0 Å². The molecule has 1 aliphatic heterocycles. The van der Waals surface area contributed by atoms with Gasteiger partial charge in [0.25, 0.3) is 5.91 Å². The molecule has 1 N–H and O–H groups in total. The van der Waals surface area contributed by atoms with Crippen LogP contribution in [0.15, 0.2) is 24.3 Å². The summed E-state index contributed by atoms with van der Waals surface area (Å²) in [5.41, 5.74) is 1.12. The highest BCUT2D eigenvalue weighted by Gasteiger charge is 2.21. The Balaban J connectivity index is 1.85. The zero-order chi connectivity index (χ0) is 14.4. The molecule has 0 spiro atoms. The van der Waals surface area contributed by atoms with Crippen LogP contribution in [0.3, 0.4) is 0 Å². The van der Waals surface area contributed by atoms with E-state index in [1.165, 1.54) is 0 Å². The number of carbonyl (C=O) groups excluding carboxylic acids is 1. The van der Waals surface area contributed by atoms with Crippen LogP contribution in [0.4, 0.5) is 0 Å². The van der Waals surface area contributed by atoms with E-state index in [0.717, 1.165) is 30.8 Å². The Morgan fingerprint density at radius 1 is 1.55 bits per heavy atom. The van der Waals surface area contributed by atoms with Gasteiger partial charge in [0.05, 0.1) is 6.10 Å². The molecule has 4 nitrogen and oxygen atoms in total. The third-order valence-corrected chi connectivity index (χ3v) is 3.46. The zero-order valence-electron chi connectivity index (χ0n) is 12.2. The largest absolute Gasteiger partial charge is 0.481 e. The van der Waals surface area contributed by atoms with Crippen LogP contribution in [0.5, 0.6) is 5.75 Å². The first kappa shape index (κ1) is 14.9. The second kappa shape index (κ2) is 7.29. The summed E-state index contributed by atoms with van der Waals surface area (Å²) in [6.07, 6.45) is 2.46. The molecule has 0 bridgehead atoms. The topological polar surface area (TPSA) is 47.6 Å². The number of nitrogens with one attached hydrogen (secondary N) is 1. The second-order valence-corrected chi connectivity index (χ2v) is 5.21. The lowest BCUT2D eigenvalue weighted by Crippen LogP contribution is -2.41. The first-order chi connectivity index (χ1) is 9.69. The smallest absolute Gasteiger partial charge is 0.261 e. The van der Waals surface area contributed by atoms with Gasteiger partial charge >= 0.3 is 0 Å². The molecule has 0 radical (unpaired) electrons. The summed E-state index contributed by atoms with van der Waals surface area (Å²) < 4.78 is 11.3. The molecule has 4 heteroatoms. The van der Waals surface area contributed by atoms with Crippen LogP contribution < -0.4 is 10.1 Å². The molecular weight excluding hydrogens is 254 g/mol. The first-order valence-corrected chi connectivity index (χ1v) is 7.31. The quantitative estimate of drug-likeness (QED) is 0.869. The average Bonchev–Trinajstić information content (AvgIpc) is 2.95. The Bertz CT molecular complexity index is 441. The van der Waals surface area contributed by atoms with Crippen molar-refractivity contribution in [2.75, 3.05) is 13.2 Å². The molecule has 1 saturated heterocycles. The van der Waals surface area contributed by atoms with Crippen molar-refractivity contribution in [2.45, 2.75) is 45.3 Å². The lowest BCUT2D eigenvalue weighted by molar-refractivity contribution is -0.128. The normalized spacial score (nSPS) is 19.6. The Hall–Kier alpha value is -1.55. The van der Waals surface area contributed by atoms with Gasteiger partial charge in [-0.05, 0) is 43.9 Å². The maximum absolute atomic E-state index is 12.1. The molecule has 0 aliphatic carbocycles. The van der Waals surface area contributed by atoms with E-state index in [4.69, 9.17) is 9.47 Å². The minimum Gasteiger partial charge on any atom is -0.481 e. The standard InChI is InChI=1S/C16H23NO3/c1-3-15(20-13-7-4-6-12(2)10-13)16(18)17-11-14-8-5-9-19-14/h4,6-7,10,14-15H,3,5,8-9,11H2,1-2H3,(H,17,18)/t14-,15-/m0/s1. The van der Waals surface area contributed by atoms with Crippen LogP contribution in [0.2, 0.25) is 0 Å². The van der Waals surface area contributed by atoms with Gasteiger partial charge in [-0.1, -0.05) is 19.1 Å². The molecule has 1 aromatic rings. The van der Waals surface area contributed by atoms with E-state index in [9.17, 15) is 4.79 Å². The monoisotopic (exact) mass is 277 g/mol. The fraction of sp³-hybridized carbons (Fsp3) is 0.562. The van der Waals surface area contributed by atoms with E-state index in [0.29, 0.717) is 13.0 Å². The van der Waals surface area contributed by atoms with Crippen molar-refractivity contribution >= 4 is 5.91 Å². The zero-order valence-corrected chi connectivity index (χ0v) is 12.2. The van der Waals surface area contributed by atoms with Gasteiger partial charge in [0, 0.05) is 13.2 Å². The van der Waals surface area contributed by atoms with Crippen molar-refractivity contribution in [3.05, 3.63) is 29.8 Å². The summed E-state index contributed by atoms with van der Waals surface area (Å²) >= 11 is 0. The number of aryl methyl sites for hydroxylation is 1. The fourth-order valence-electron chi connectivity index (χ4n) is 2.31. The van der Waals surface area contributed by atoms with Gasteiger partial charge in [0.1, 0.15) is 5.75 Å². The molecule has 1 aliphatic rings. The summed E-state index contributed by atoms with van der Waals surface area (Å²) in [5, 5.41) is 2.92. The van der Waals surface area contributed by atoms with Crippen LogP contribution >= 0.6 is 0 Å².